The highest BCUT2D eigenvalue weighted by Crippen LogP contribution is 2.25. The fourth-order valence-electron chi connectivity index (χ4n) is 1.81. The van der Waals surface area contributed by atoms with Crippen molar-refractivity contribution in [1.29, 1.82) is 0 Å². The molecule has 1 heterocycles. The Hall–Kier alpha value is -0.710. The summed E-state index contributed by atoms with van der Waals surface area (Å²) in [5, 5.41) is 8.96. The van der Waals surface area contributed by atoms with Gasteiger partial charge in [0.1, 0.15) is 4.75 Å². The van der Waals surface area contributed by atoms with Gasteiger partial charge in [-0.25, -0.2) is 0 Å². The van der Waals surface area contributed by atoms with E-state index in [2.05, 4.69) is 6.92 Å². The van der Waals surface area contributed by atoms with E-state index < -0.39 is 10.7 Å². The van der Waals surface area contributed by atoms with Gasteiger partial charge < -0.3 is 10.0 Å². The number of rotatable bonds is 4. The van der Waals surface area contributed by atoms with Crippen molar-refractivity contribution in [3.63, 3.8) is 0 Å². The SMILES string of the molecule is CC1CCCN(C(=O)CSC(C)(C)C(=O)O)C1. The standard InChI is InChI=1S/C12H21NO3S/c1-9-5-4-6-13(7-9)10(14)8-17-12(2,3)11(15)16/h9H,4-8H2,1-3H3,(H,15,16). The highest BCUT2D eigenvalue weighted by Gasteiger charge is 2.30. The molecule has 4 nitrogen and oxygen atoms in total. The average molecular weight is 259 g/mol. The highest BCUT2D eigenvalue weighted by atomic mass is 32.2. The first-order valence-electron chi connectivity index (χ1n) is 5.98. The van der Waals surface area contributed by atoms with Crippen LogP contribution in [0.15, 0.2) is 0 Å². The summed E-state index contributed by atoms with van der Waals surface area (Å²) in [7, 11) is 0. The molecule has 0 spiro atoms. The molecule has 1 saturated heterocycles. The van der Waals surface area contributed by atoms with Crippen LogP contribution in [0.25, 0.3) is 0 Å². The summed E-state index contributed by atoms with van der Waals surface area (Å²) in [5.74, 6) is 0.00909. The van der Waals surface area contributed by atoms with Crippen LogP contribution in [-0.4, -0.2) is 45.5 Å². The van der Waals surface area contributed by atoms with Gasteiger partial charge in [-0.3, -0.25) is 9.59 Å². The number of amides is 1. The Balaban J connectivity index is 2.41. The fourth-order valence-corrected chi connectivity index (χ4v) is 2.60. The van der Waals surface area contributed by atoms with Crippen LogP contribution in [0.3, 0.4) is 0 Å². The van der Waals surface area contributed by atoms with Crippen LogP contribution >= 0.6 is 11.8 Å². The zero-order valence-corrected chi connectivity index (χ0v) is 11.5. The number of nitrogens with zero attached hydrogens (tertiary/aromatic N) is 1. The van der Waals surface area contributed by atoms with Gasteiger partial charge in [0.2, 0.25) is 5.91 Å². The quantitative estimate of drug-likeness (QED) is 0.837. The van der Waals surface area contributed by atoms with Crippen LogP contribution in [0, 0.1) is 5.92 Å². The third-order valence-electron chi connectivity index (χ3n) is 3.08. The number of hydrogen-bond donors (Lipinski definition) is 1. The van der Waals surface area contributed by atoms with Gasteiger partial charge >= 0.3 is 5.97 Å². The lowest BCUT2D eigenvalue weighted by Gasteiger charge is -2.31. The average Bonchev–Trinajstić information content (AvgIpc) is 2.25. The van der Waals surface area contributed by atoms with E-state index in [1.54, 1.807) is 13.8 Å². The number of likely N-dealkylation sites (tertiary alicyclic amines) is 1. The molecule has 0 saturated carbocycles. The summed E-state index contributed by atoms with van der Waals surface area (Å²) >= 11 is 1.20. The number of carbonyl (C=O) groups excluding carboxylic acids is 1. The maximum Gasteiger partial charge on any atom is 0.319 e. The van der Waals surface area contributed by atoms with Crippen molar-refractivity contribution in [2.45, 2.75) is 38.4 Å². The summed E-state index contributed by atoms with van der Waals surface area (Å²) in [4.78, 5) is 24.7. The Morgan fingerprint density at radius 2 is 2.12 bits per heavy atom. The summed E-state index contributed by atoms with van der Waals surface area (Å²) < 4.78 is -0.892. The molecule has 5 heteroatoms. The Kier molecular flexibility index (Phi) is 4.86. The Morgan fingerprint density at radius 3 is 2.65 bits per heavy atom. The first-order chi connectivity index (χ1) is 7.83. The molecule has 0 aromatic carbocycles. The maximum absolute atomic E-state index is 11.9. The molecule has 1 unspecified atom stereocenters. The first-order valence-corrected chi connectivity index (χ1v) is 6.96. The highest BCUT2D eigenvalue weighted by molar-refractivity contribution is 8.01. The Bertz CT molecular complexity index is 304. The molecule has 1 rings (SSSR count). The topological polar surface area (TPSA) is 57.6 Å². The van der Waals surface area contributed by atoms with Crippen LogP contribution in [0.1, 0.15) is 33.6 Å². The van der Waals surface area contributed by atoms with E-state index in [0.29, 0.717) is 5.92 Å². The minimum atomic E-state index is -0.892. The second-order valence-corrected chi connectivity index (χ2v) is 6.79. The number of aliphatic carboxylic acids is 1. The number of hydrogen-bond acceptors (Lipinski definition) is 3. The maximum atomic E-state index is 11.9. The van der Waals surface area contributed by atoms with Gasteiger partial charge in [-0.15, -0.1) is 11.8 Å². The third kappa shape index (κ3) is 4.22. The number of carboxylic acids is 1. The number of carboxylic acid groups (broad SMARTS) is 1. The van der Waals surface area contributed by atoms with Crippen LogP contribution in [0.5, 0.6) is 0 Å². The summed E-state index contributed by atoms with van der Waals surface area (Å²) in [6.07, 6.45) is 2.23. The second-order valence-electron chi connectivity index (χ2n) is 5.19. The summed E-state index contributed by atoms with van der Waals surface area (Å²) in [5.41, 5.74) is 0. The number of thioether (sulfide) groups is 1. The van der Waals surface area contributed by atoms with Crippen molar-refractivity contribution in [2.24, 2.45) is 5.92 Å². The number of carbonyl (C=O) groups is 2. The molecule has 0 radical (unpaired) electrons. The Labute approximate surface area is 107 Å². The molecule has 17 heavy (non-hydrogen) atoms. The molecule has 0 aromatic rings. The molecule has 1 fully saturated rings. The molecule has 1 N–H and O–H groups in total. The van der Waals surface area contributed by atoms with Crippen molar-refractivity contribution in [3.8, 4) is 0 Å². The zero-order valence-electron chi connectivity index (χ0n) is 10.7. The van der Waals surface area contributed by atoms with Crippen molar-refractivity contribution in [1.82, 2.24) is 4.90 Å². The Morgan fingerprint density at radius 1 is 1.47 bits per heavy atom. The predicted molar refractivity (Wildman–Crippen MR) is 69.2 cm³/mol. The van der Waals surface area contributed by atoms with Gasteiger partial charge in [-0.2, -0.15) is 0 Å². The predicted octanol–water partition coefficient (Wildman–Crippen LogP) is 1.84. The number of piperidine rings is 1. The van der Waals surface area contributed by atoms with Gasteiger partial charge in [0.05, 0.1) is 5.75 Å². The molecule has 0 aliphatic carbocycles. The van der Waals surface area contributed by atoms with Gasteiger partial charge in [0, 0.05) is 13.1 Å². The smallest absolute Gasteiger partial charge is 0.319 e. The van der Waals surface area contributed by atoms with Crippen LogP contribution < -0.4 is 0 Å². The van der Waals surface area contributed by atoms with E-state index in [0.717, 1.165) is 19.5 Å². The lowest BCUT2D eigenvalue weighted by atomic mass is 10.0. The molecule has 0 bridgehead atoms. The second kappa shape index (κ2) is 5.76. The fraction of sp³-hybridized carbons (Fsp3) is 0.833. The van der Waals surface area contributed by atoms with E-state index in [4.69, 9.17) is 5.11 Å². The molecule has 1 amide bonds. The van der Waals surface area contributed by atoms with Crippen molar-refractivity contribution in [2.75, 3.05) is 18.8 Å². The van der Waals surface area contributed by atoms with E-state index in [1.165, 1.54) is 18.2 Å². The van der Waals surface area contributed by atoms with Gasteiger partial charge in [-0.05, 0) is 32.6 Å². The molecule has 1 aliphatic heterocycles. The van der Waals surface area contributed by atoms with Crippen molar-refractivity contribution >= 4 is 23.6 Å². The van der Waals surface area contributed by atoms with Gasteiger partial charge in [-0.1, -0.05) is 6.92 Å². The van der Waals surface area contributed by atoms with Crippen molar-refractivity contribution < 1.29 is 14.7 Å². The first kappa shape index (κ1) is 14.4. The largest absolute Gasteiger partial charge is 0.480 e. The zero-order chi connectivity index (χ0) is 13.1. The summed E-state index contributed by atoms with van der Waals surface area (Å²) in [6, 6.07) is 0. The van der Waals surface area contributed by atoms with E-state index in [9.17, 15) is 9.59 Å². The van der Waals surface area contributed by atoms with Crippen LogP contribution in [-0.2, 0) is 9.59 Å². The van der Waals surface area contributed by atoms with E-state index in [-0.39, 0.29) is 11.7 Å². The molecular formula is C12H21NO3S. The molecular weight excluding hydrogens is 238 g/mol. The van der Waals surface area contributed by atoms with E-state index in [1.807, 2.05) is 4.90 Å². The minimum absolute atomic E-state index is 0.0656. The third-order valence-corrected chi connectivity index (χ3v) is 4.37. The molecule has 98 valence electrons. The van der Waals surface area contributed by atoms with Gasteiger partial charge in [0.25, 0.3) is 0 Å². The lowest BCUT2D eigenvalue weighted by molar-refractivity contribution is -0.138. The monoisotopic (exact) mass is 259 g/mol. The normalized spacial score (nSPS) is 21.4. The van der Waals surface area contributed by atoms with E-state index >= 15 is 0 Å². The lowest BCUT2D eigenvalue weighted by Crippen LogP contribution is -2.41. The molecule has 0 aromatic heterocycles. The molecule has 1 aliphatic rings. The van der Waals surface area contributed by atoms with Gasteiger partial charge in [0.15, 0.2) is 0 Å². The minimum Gasteiger partial charge on any atom is -0.480 e. The van der Waals surface area contributed by atoms with Crippen LogP contribution in [0.4, 0.5) is 0 Å². The summed E-state index contributed by atoms with van der Waals surface area (Å²) in [6.45, 7) is 7.04. The van der Waals surface area contributed by atoms with Crippen LogP contribution in [0.2, 0.25) is 0 Å². The van der Waals surface area contributed by atoms with Crippen molar-refractivity contribution in [3.05, 3.63) is 0 Å². The molecule has 1 atom stereocenters.